The largest absolute Gasteiger partial charge is 0.288 e. The first-order valence-corrected chi connectivity index (χ1v) is 5.74. The fourth-order valence-electron chi connectivity index (χ4n) is 2.52. The van der Waals surface area contributed by atoms with E-state index in [1.807, 2.05) is 12.3 Å². The van der Waals surface area contributed by atoms with E-state index in [1.165, 1.54) is 21.2 Å². The highest BCUT2D eigenvalue weighted by Gasteiger charge is 2.10. The number of fused-ring (bicyclic) bond motifs is 4. The first kappa shape index (κ1) is 8.88. The van der Waals surface area contributed by atoms with E-state index in [9.17, 15) is 0 Å². The molecule has 2 aromatic carbocycles. The number of hydrogen-bond donors (Lipinski definition) is 0. The van der Waals surface area contributed by atoms with E-state index < -0.39 is 0 Å². The summed E-state index contributed by atoms with van der Waals surface area (Å²) >= 11 is 0. The molecule has 0 aliphatic carbocycles. The van der Waals surface area contributed by atoms with E-state index in [1.54, 1.807) is 0 Å². The van der Waals surface area contributed by atoms with E-state index in [0.717, 1.165) is 17.6 Å². The lowest BCUT2D eigenvalue weighted by Crippen LogP contribution is -2.11. The molecule has 0 unspecified atom stereocenters. The van der Waals surface area contributed by atoms with Crippen molar-refractivity contribution in [3.63, 3.8) is 0 Å². The molecule has 4 rings (SSSR count). The Morgan fingerprint density at radius 1 is 0.941 bits per heavy atom. The summed E-state index contributed by atoms with van der Waals surface area (Å²) in [4.78, 5) is 9.05. The standard InChI is InChI=1S/C15H10N2/c1-2-4-14-11(3-1)12-6-5-10-7-8-16-9-13(10)15(12)17-14/h1-8H,9H2. The Kier molecular flexibility index (Phi) is 1.64. The van der Waals surface area contributed by atoms with Gasteiger partial charge in [-0.2, -0.15) is 0 Å². The SMILES string of the molecule is C1=NCc2c3c(ccc2=C1)=c1ccccc1=N3. The summed E-state index contributed by atoms with van der Waals surface area (Å²) in [5, 5.41) is 4.80. The van der Waals surface area contributed by atoms with Crippen LogP contribution in [0.2, 0.25) is 0 Å². The van der Waals surface area contributed by atoms with Crippen molar-refractivity contribution in [2.24, 2.45) is 9.98 Å². The molecule has 0 saturated heterocycles. The third-order valence-electron chi connectivity index (χ3n) is 3.35. The second kappa shape index (κ2) is 3.14. The second-order valence-corrected chi connectivity index (χ2v) is 4.31. The molecule has 80 valence electrons. The highest BCUT2D eigenvalue weighted by atomic mass is 14.8. The molecule has 2 aliphatic heterocycles. The lowest BCUT2D eigenvalue weighted by molar-refractivity contribution is 1.05. The van der Waals surface area contributed by atoms with Crippen molar-refractivity contribution in [1.82, 2.24) is 0 Å². The maximum Gasteiger partial charge on any atom is 0.0773 e. The van der Waals surface area contributed by atoms with E-state index in [-0.39, 0.29) is 0 Å². The molecule has 2 aromatic rings. The van der Waals surface area contributed by atoms with Gasteiger partial charge < -0.3 is 0 Å². The van der Waals surface area contributed by atoms with Crippen molar-refractivity contribution in [2.45, 2.75) is 6.54 Å². The van der Waals surface area contributed by atoms with E-state index in [4.69, 9.17) is 4.99 Å². The van der Waals surface area contributed by atoms with Gasteiger partial charge in [0.15, 0.2) is 0 Å². The van der Waals surface area contributed by atoms with Crippen molar-refractivity contribution in [2.75, 3.05) is 0 Å². The topological polar surface area (TPSA) is 24.7 Å². The fourth-order valence-corrected chi connectivity index (χ4v) is 2.52. The van der Waals surface area contributed by atoms with Crippen molar-refractivity contribution >= 4 is 18.0 Å². The maximum absolute atomic E-state index is 4.73. The molecular weight excluding hydrogens is 208 g/mol. The lowest BCUT2D eigenvalue weighted by Gasteiger charge is -2.05. The molecule has 2 aliphatic rings. The summed E-state index contributed by atoms with van der Waals surface area (Å²) in [6, 6.07) is 12.6. The van der Waals surface area contributed by atoms with Crippen molar-refractivity contribution < 1.29 is 0 Å². The van der Waals surface area contributed by atoms with Crippen molar-refractivity contribution in [3.8, 4) is 0 Å². The highest BCUT2D eigenvalue weighted by molar-refractivity contribution is 5.92. The Morgan fingerprint density at radius 3 is 2.88 bits per heavy atom. The Hall–Kier alpha value is -2.22. The smallest absolute Gasteiger partial charge is 0.0773 e. The van der Waals surface area contributed by atoms with Gasteiger partial charge in [-0.3, -0.25) is 4.99 Å². The van der Waals surface area contributed by atoms with Gasteiger partial charge in [0.25, 0.3) is 0 Å². The quantitative estimate of drug-likeness (QED) is 0.547. The van der Waals surface area contributed by atoms with Crippen LogP contribution in [0.15, 0.2) is 46.4 Å². The van der Waals surface area contributed by atoms with Crippen LogP contribution in [0.25, 0.3) is 6.08 Å². The van der Waals surface area contributed by atoms with Gasteiger partial charge in [0, 0.05) is 22.2 Å². The van der Waals surface area contributed by atoms with Gasteiger partial charge in [0.2, 0.25) is 0 Å². The molecule has 0 aromatic heterocycles. The number of benzene rings is 2. The molecule has 0 amide bonds. The average molecular weight is 218 g/mol. The minimum Gasteiger partial charge on any atom is -0.288 e. The van der Waals surface area contributed by atoms with E-state index in [2.05, 4.69) is 41.4 Å². The summed E-state index contributed by atoms with van der Waals surface area (Å²) in [6.07, 6.45) is 3.93. The molecule has 0 fully saturated rings. The summed E-state index contributed by atoms with van der Waals surface area (Å²) in [6.45, 7) is 0.743. The molecule has 2 heteroatoms. The maximum atomic E-state index is 4.73. The molecule has 0 radical (unpaired) electrons. The molecule has 0 atom stereocenters. The van der Waals surface area contributed by atoms with Gasteiger partial charge in [0.1, 0.15) is 0 Å². The summed E-state index contributed by atoms with van der Waals surface area (Å²) in [5.41, 5.74) is 2.36. The zero-order chi connectivity index (χ0) is 11.2. The summed E-state index contributed by atoms with van der Waals surface area (Å²) in [7, 11) is 0. The first-order chi connectivity index (χ1) is 8.43. The van der Waals surface area contributed by atoms with Crippen LogP contribution in [0.5, 0.6) is 0 Å². The van der Waals surface area contributed by atoms with E-state index in [0.29, 0.717) is 0 Å². The Morgan fingerprint density at radius 2 is 1.88 bits per heavy atom. The number of rotatable bonds is 0. The van der Waals surface area contributed by atoms with Crippen LogP contribution in [0.1, 0.15) is 5.56 Å². The van der Waals surface area contributed by atoms with Crippen LogP contribution in [-0.4, -0.2) is 6.21 Å². The molecule has 0 spiro atoms. The van der Waals surface area contributed by atoms with Gasteiger partial charge in [-0.25, -0.2) is 4.99 Å². The van der Waals surface area contributed by atoms with Gasteiger partial charge in [0.05, 0.1) is 17.6 Å². The Balaban J connectivity index is 2.27. The van der Waals surface area contributed by atoms with Crippen LogP contribution in [-0.2, 0) is 6.54 Å². The second-order valence-electron chi connectivity index (χ2n) is 4.31. The molecular formula is C15H10N2. The monoisotopic (exact) mass is 218 g/mol. The lowest BCUT2D eigenvalue weighted by atomic mass is 10.1. The van der Waals surface area contributed by atoms with Gasteiger partial charge in [-0.1, -0.05) is 30.3 Å². The van der Waals surface area contributed by atoms with Crippen LogP contribution < -0.4 is 10.6 Å². The zero-order valence-electron chi connectivity index (χ0n) is 9.22. The van der Waals surface area contributed by atoms with Crippen molar-refractivity contribution in [3.05, 3.63) is 63.0 Å². The third kappa shape index (κ3) is 1.15. The molecule has 2 nitrogen and oxygen atoms in total. The zero-order valence-corrected chi connectivity index (χ0v) is 9.22. The van der Waals surface area contributed by atoms with Crippen LogP contribution in [0, 0.1) is 10.4 Å². The number of hydrogen-bond acceptors (Lipinski definition) is 2. The van der Waals surface area contributed by atoms with Gasteiger partial charge >= 0.3 is 0 Å². The minimum absolute atomic E-state index is 0.743. The first-order valence-electron chi connectivity index (χ1n) is 5.74. The summed E-state index contributed by atoms with van der Waals surface area (Å²) < 4.78 is 0. The molecule has 17 heavy (non-hydrogen) atoms. The Labute approximate surface area is 98.0 Å². The normalized spacial score (nSPS) is 14.4. The predicted octanol–water partition coefficient (Wildman–Crippen LogP) is 1.60. The van der Waals surface area contributed by atoms with Crippen LogP contribution in [0.3, 0.4) is 0 Å². The van der Waals surface area contributed by atoms with E-state index >= 15 is 0 Å². The van der Waals surface area contributed by atoms with Crippen LogP contribution >= 0.6 is 0 Å². The van der Waals surface area contributed by atoms with Gasteiger partial charge in [-0.05, 0) is 17.4 Å². The molecule has 0 N–H and O–H groups in total. The predicted molar refractivity (Wildman–Crippen MR) is 67.7 cm³/mol. The average Bonchev–Trinajstić information content (AvgIpc) is 2.78. The highest BCUT2D eigenvalue weighted by Crippen LogP contribution is 2.22. The number of para-hydroxylation sites is 1. The third-order valence-corrected chi connectivity index (χ3v) is 3.35. The number of aliphatic imine (C=N–C) groups is 1. The molecule has 2 heterocycles. The Bertz CT molecular complexity index is 861. The van der Waals surface area contributed by atoms with Gasteiger partial charge in [-0.15, -0.1) is 0 Å². The summed E-state index contributed by atoms with van der Waals surface area (Å²) in [5.74, 6) is 0. The molecule has 0 saturated carbocycles. The van der Waals surface area contributed by atoms with Crippen molar-refractivity contribution in [1.29, 1.82) is 0 Å². The number of nitrogens with zero attached hydrogens (tertiary/aromatic N) is 2. The van der Waals surface area contributed by atoms with Crippen LogP contribution in [0.4, 0.5) is 5.69 Å². The molecule has 0 bridgehead atoms. The minimum atomic E-state index is 0.743. The fraction of sp³-hybridized carbons (Fsp3) is 0.0667.